The van der Waals surface area contributed by atoms with E-state index >= 15 is 0 Å². The van der Waals surface area contributed by atoms with Crippen LogP contribution in [0.2, 0.25) is 0 Å². The van der Waals surface area contributed by atoms with E-state index in [4.69, 9.17) is 0 Å². The second-order valence-corrected chi connectivity index (χ2v) is 4.62. The molecule has 0 saturated heterocycles. The number of Topliss-reactive ketones (excluding diaryl/α,β-unsaturated/α-hetero) is 2. The predicted octanol–water partition coefficient (Wildman–Crippen LogP) is 3.29. The highest BCUT2D eigenvalue weighted by Crippen LogP contribution is 2.25. The molecule has 1 aliphatic rings. The van der Waals surface area contributed by atoms with E-state index in [-0.39, 0.29) is 23.9 Å². The van der Waals surface area contributed by atoms with Crippen molar-refractivity contribution < 1.29 is 9.59 Å². The molecule has 0 heterocycles. The van der Waals surface area contributed by atoms with Crippen LogP contribution in [0.1, 0.15) is 64.7 Å². The van der Waals surface area contributed by atoms with Gasteiger partial charge in [0, 0.05) is 12.3 Å². The van der Waals surface area contributed by atoms with Crippen LogP contribution in [0.15, 0.2) is 0 Å². The van der Waals surface area contributed by atoms with Crippen LogP contribution in [-0.4, -0.2) is 11.6 Å². The number of rotatable bonds is 6. The minimum absolute atomic E-state index is 0.146. The standard InChI is InChI=1S/C13H22O2/c1-2-3-9-12(14)10-13(15)11-7-5-4-6-8-11/h11H,2-10H2,1H3. The summed E-state index contributed by atoms with van der Waals surface area (Å²) in [6.07, 6.45) is 8.37. The van der Waals surface area contributed by atoms with Gasteiger partial charge in [-0.3, -0.25) is 9.59 Å². The fraction of sp³-hybridized carbons (Fsp3) is 0.846. The van der Waals surface area contributed by atoms with E-state index in [2.05, 4.69) is 6.92 Å². The van der Waals surface area contributed by atoms with Crippen molar-refractivity contribution in [2.45, 2.75) is 64.7 Å². The first-order chi connectivity index (χ1) is 7.24. The Morgan fingerprint density at radius 1 is 1.13 bits per heavy atom. The average molecular weight is 210 g/mol. The van der Waals surface area contributed by atoms with Gasteiger partial charge < -0.3 is 0 Å². The van der Waals surface area contributed by atoms with Gasteiger partial charge in [-0.25, -0.2) is 0 Å². The van der Waals surface area contributed by atoms with Gasteiger partial charge in [0.1, 0.15) is 11.6 Å². The summed E-state index contributed by atoms with van der Waals surface area (Å²) in [5.41, 5.74) is 0. The molecule has 0 spiro atoms. The zero-order valence-corrected chi connectivity index (χ0v) is 9.76. The van der Waals surface area contributed by atoms with Gasteiger partial charge in [-0.15, -0.1) is 0 Å². The third kappa shape index (κ3) is 4.59. The molecule has 1 aliphatic carbocycles. The highest BCUT2D eigenvalue weighted by atomic mass is 16.1. The second-order valence-electron chi connectivity index (χ2n) is 4.62. The van der Waals surface area contributed by atoms with Gasteiger partial charge in [0.25, 0.3) is 0 Å². The van der Waals surface area contributed by atoms with E-state index in [9.17, 15) is 9.59 Å². The molecule has 0 aromatic rings. The fourth-order valence-electron chi connectivity index (χ4n) is 2.23. The van der Waals surface area contributed by atoms with Crippen molar-refractivity contribution >= 4 is 11.6 Å². The lowest BCUT2D eigenvalue weighted by atomic mass is 9.84. The Hall–Kier alpha value is -0.660. The molecule has 2 nitrogen and oxygen atoms in total. The second kappa shape index (κ2) is 6.76. The van der Waals surface area contributed by atoms with Crippen molar-refractivity contribution in [2.24, 2.45) is 5.92 Å². The summed E-state index contributed by atoms with van der Waals surface area (Å²) in [6, 6.07) is 0. The molecule has 1 fully saturated rings. The molecule has 0 bridgehead atoms. The Labute approximate surface area is 92.4 Å². The Morgan fingerprint density at radius 3 is 2.40 bits per heavy atom. The van der Waals surface area contributed by atoms with Gasteiger partial charge in [0.15, 0.2) is 0 Å². The summed E-state index contributed by atoms with van der Waals surface area (Å²) in [4.78, 5) is 23.2. The third-order valence-electron chi connectivity index (χ3n) is 3.24. The number of unbranched alkanes of at least 4 members (excludes halogenated alkanes) is 1. The molecule has 0 amide bonds. The van der Waals surface area contributed by atoms with E-state index in [0.29, 0.717) is 6.42 Å². The zero-order chi connectivity index (χ0) is 11.1. The summed E-state index contributed by atoms with van der Waals surface area (Å²) in [7, 11) is 0. The number of ketones is 2. The van der Waals surface area contributed by atoms with Crippen LogP contribution in [-0.2, 0) is 9.59 Å². The SMILES string of the molecule is CCCCC(=O)CC(=O)C1CCCCC1. The van der Waals surface area contributed by atoms with Crippen molar-refractivity contribution in [1.29, 1.82) is 0 Å². The Kier molecular flexibility index (Phi) is 5.59. The summed E-state index contributed by atoms with van der Waals surface area (Å²) < 4.78 is 0. The van der Waals surface area contributed by atoms with Gasteiger partial charge in [-0.2, -0.15) is 0 Å². The first-order valence-corrected chi connectivity index (χ1v) is 6.28. The maximum atomic E-state index is 11.8. The molecule has 2 heteroatoms. The fourth-order valence-corrected chi connectivity index (χ4v) is 2.23. The van der Waals surface area contributed by atoms with Crippen molar-refractivity contribution in [3.8, 4) is 0 Å². The maximum Gasteiger partial charge on any atom is 0.143 e. The predicted molar refractivity (Wildman–Crippen MR) is 60.7 cm³/mol. The molecule has 0 atom stereocenters. The van der Waals surface area contributed by atoms with Crippen LogP contribution in [0.3, 0.4) is 0 Å². The van der Waals surface area contributed by atoms with Crippen molar-refractivity contribution in [3.63, 3.8) is 0 Å². The Bertz CT molecular complexity index is 215. The van der Waals surface area contributed by atoms with E-state index in [0.717, 1.165) is 25.7 Å². The highest BCUT2D eigenvalue weighted by molar-refractivity contribution is 6.00. The van der Waals surface area contributed by atoms with Crippen molar-refractivity contribution in [3.05, 3.63) is 0 Å². The molecule has 1 rings (SSSR count). The first kappa shape index (κ1) is 12.4. The summed E-state index contributed by atoms with van der Waals surface area (Å²) in [5, 5.41) is 0. The largest absolute Gasteiger partial charge is 0.299 e. The molecule has 15 heavy (non-hydrogen) atoms. The lowest BCUT2D eigenvalue weighted by Gasteiger charge is -2.19. The quantitative estimate of drug-likeness (QED) is 0.630. The van der Waals surface area contributed by atoms with E-state index in [1.165, 1.54) is 19.3 Å². The van der Waals surface area contributed by atoms with Crippen LogP contribution in [0.5, 0.6) is 0 Å². The monoisotopic (exact) mass is 210 g/mol. The number of carbonyl (C=O) groups is 2. The molecule has 0 aromatic heterocycles. The van der Waals surface area contributed by atoms with Gasteiger partial charge in [0.2, 0.25) is 0 Å². The molecule has 0 unspecified atom stereocenters. The number of carbonyl (C=O) groups excluding carboxylic acids is 2. The summed E-state index contributed by atoms with van der Waals surface area (Å²) >= 11 is 0. The molecule has 0 N–H and O–H groups in total. The van der Waals surface area contributed by atoms with E-state index in [1.807, 2.05) is 0 Å². The lowest BCUT2D eigenvalue weighted by molar-refractivity contribution is -0.129. The molecule has 0 aromatic carbocycles. The van der Waals surface area contributed by atoms with Crippen LogP contribution >= 0.6 is 0 Å². The number of hydrogen-bond donors (Lipinski definition) is 0. The van der Waals surface area contributed by atoms with Crippen LogP contribution in [0.4, 0.5) is 0 Å². The van der Waals surface area contributed by atoms with Crippen LogP contribution in [0.25, 0.3) is 0 Å². The van der Waals surface area contributed by atoms with Crippen molar-refractivity contribution in [1.82, 2.24) is 0 Å². The summed E-state index contributed by atoms with van der Waals surface area (Å²) in [6.45, 7) is 2.07. The minimum atomic E-state index is 0.146. The molecule has 86 valence electrons. The topological polar surface area (TPSA) is 34.1 Å². The Balaban J connectivity index is 2.24. The average Bonchev–Trinajstić information content (AvgIpc) is 2.27. The van der Waals surface area contributed by atoms with Gasteiger partial charge in [-0.1, -0.05) is 32.6 Å². The lowest BCUT2D eigenvalue weighted by Crippen LogP contribution is -2.20. The van der Waals surface area contributed by atoms with Crippen LogP contribution < -0.4 is 0 Å². The third-order valence-corrected chi connectivity index (χ3v) is 3.24. The number of hydrogen-bond acceptors (Lipinski definition) is 2. The smallest absolute Gasteiger partial charge is 0.143 e. The maximum absolute atomic E-state index is 11.8. The van der Waals surface area contributed by atoms with E-state index < -0.39 is 0 Å². The van der Waals surface area contributed by atoms with Gasteiger partial charge in [0.05, 0.1) is 6.42 Å². The summed E-state index contributed by atoms with van der Waals surface area (Å²) in [5.74, 6) is 0.549. The molecular formula is C13H22O2. The first-order valence-electron chi connectivity index (χ1n) is 6.28. The normalized spacial score (nSPS) is 17.7. The van der Waals surface area contributed by atoms with Gasteiger partial charge >= 0.3 is 0 Å². The molecule has 0 aliphatic heterocycles. The molecule has 0 radical (unpaired) electrons. The minimum Gasteiger partial charge on any atom is -0.299 e. The Morgan fingerprint density at radius 2 is 1.80 bits per heavy atom. The van der Waals surface area contributed by atoms with Crippen LogP contribution in [0, 0.1) is 5.92 Å². The van der Waals surface area contributed by atoms with Crippen molar-refractivity contribution in [2.75, 3.05) is 0 Å². The molecule has 1 saturated carbocycles. The molecular weight excluding hydrogens is 188 g/mol. The zero-order valence-electron chi connectivity index (χ0n) is 9.76. The van der Waals surface area contributed by atoms with E-state index in [1.54, 1.807) is 0 Å². The highest BCUT2D eigenvalue weighted by Gasteiger charge is 2.22. The van der Waals surface area contributed by atoms with Gasteiger partial charge in [-0.05, 0) is 19.3 Å².